The van der Waals surface area contributed by atoms with Crippen LogP contribution in [-0.4, -0.2) is 30.1 Å². The summed E-state index contributed by atoms with van der Waals surface area (Å²) in [5.74, 6) is 0.750. The van der Waals surface area contributed by atoms with Crippen molar-refractivity contribution in [2.24, 2.45) is 17.1 Å². The topological polar surface area (TPSA) is 29.3 Å². The average Bonchev–Trinajstić information content (AvgIpc) is 2.62. The number of hydrogen-bond donors (Lipinski definition) is 1. The third-order valence-corrected chi connectivity index (χ3v) is 5.98. The lowest BCUT2D eigenvalue weighted by Crippen LogP contribution is -2.49. The molecule has 0 spiro atoms. The van der Waals surface area contributed by atoms with Gasteiger partial charge in [0.25, 0.3) is 0 Å². The van der Waals surface area contributed by atoms with E-state index >= 15 is 0 Å². The van der Waals surface area contributed by atoms with Gasteiger partial charge in [-0.25, -0.2) is 0 Å². The van der Waals surface area contributed by atoms with Gasteiger partial charge in [-0.3, -0.25) is 4.90 Å². The molecule has 20 heavy (non-hydrogen) atoms. The summed E-state index contributed by atoms with van der Waals surface area (Å²) in [7, 11) is 0. The summed E-state index contributed by atoms with van der Waals surface area (Å²) in [5.41, 5.74) is 6.63. The molecule has 0 heterocycles. The van der Waals surface area contributed by atoms with Crippen LogP contribution in [0.15, 0.2) is 0 Å². The number of nitrogens with two attached hydrogens (primary N) is 1. The molecule has 2 fully saturated rings. The molecule has 0 aromatic rings. The smallest absolute Gasteiger partial charge is 0.0138 e. The first-order chi connectivity index (χ1) is 9.57. The SMILES string of the molecule is CCN(C1CCCC(C)(C)CC1)C1CCCCC1CN. The highest BCUT2D eigenvalue weighted by Gasteiger charge is 2.34. The molecule has 2 heteroatoms. The molecule has 0 aliphatic heterocycles. The van der Waals surface area contributed by atoms with E-state index in [1.165, 1.54) is 64.3 Å². The van der Waals surface area contributed by atoms with Crippen molar-refractivity contribution in [3.63, 3.8) is 0 Å². The van der Waals surface area contributed by atoms with Crippen LogP contribution in [0.4, 0.5) is 0 Å². The Balaban J connectivity index is 2.02. The highest BCUT2D eigenvalue weighted by atomic mass is 15.2. The van der Waals surface area contributed by atoms with Crippen LogP contribution >= 0.6 is 0 Å². The molecule has 0 radical (unpaired) electrons. The number of rotatable bonds is 4. The summed E-state index contributed by atoms with van der Waals surface area (Å²) in [6.45, 7) is 9.37. The first-order valence-corrected chi connectivity index (χ1v) is 9.03. The van der Waals surface area contributed by atoms with Crippen molar-refractivity contribution in [2.45, 2.75) is 90.6 Å². The Kier molecular flexibility index (Phi) is 5.92. The van der Waals surface area contributed by atoms with E-state index < -0.39 is 0 Å². The number of hydrogen-bond acceptors (Lipinski definition) is 2. The Morgan fingerprint density at radius 1 is 1.00 bits per heavy atom. The largest absolute Gasteiger partial charge is 0.330 e. The summed E-state index contributed by atoms with van der Waals surface area (Å²) in [6, 6.07) is 1.59. The summed E-state index contributed by atoms with van der Waals surface area (Å²) < 4.78 is 0. The van der Waals surface area contributed by atoms with Gasteiger partial charge in [0.05, 0.1) is 0 Å². The lowest BCUT2D eigenvalue weighted by molar-refractivity contribution is 0.0620. The molecule has 0 saturated heterocycles. The van der Waals surface area contributed by atoms with Crippen LogP contribution < -0.4 is 5.73 Å². The Labute approximate surface area is 126 Å². The quantitative estimate of drug-likeness (QED) is 0.783. The van der Waals surface area contributed by atoms with Crippen molar-refractivity contribution >= 4 is 0 Å². The van der Waals surface area contributed by atoms with Crippen LogP contribution in [-0.2, 0) is 0 Å². The maximum atomic E-state index is 6.06. The average molecular weight is 280 g/mol. The fourth-order valence-electron chi connectivity index (χ4n) is 4.64. The zero-order valence-electron chi connectivity index (χ0n) is 14.0. The van der Waals surface area contributed by atoms with Crippen LogP contribution in [0.25, 0.3) is 0 Å². The minimum Gasteiger partial charge on any atom is -0.330 e. The van der Waals surface area contributed by atoms with E-state index in [1.54, 1.807) is 0 Å². The lowest BCUT2D eigenvalue weighted by Gasteiger charge is -2.43. The third kappa shape index (κ3) is 3.98. The monoisotopic (exact) mass is 280 g/mol. The Morgan fingerprint density at radius 3 is 2.45 bits per heavy atom. The molecule has 2 saturated carbocycles. The summed E-state index contributed by atoms with van der Waals surface area (Å²) in [5, 5.41) is 0. The Bertz CT molecular complexity index is 287. The molecule has 2 rings (SSSR count). The van der Waals surface area contributed by atoms with Gasteiger partial charge in [-0.05, 0) is 62.9 Å². The first kappa shape index (κ1) is 16.3. The molecule has 2 aliphatic carbocycles. The highest BCUT2D eigenvalue weighted by Crippen LogP contribution is 2.37. The van der Waals surface area contributed by atoms with Crippen molar-refractivity contribution in [2.75, 3.05) is 13.1 Å². The van der Waals surface area contributed by atoms with Crippen LogP contribution in [0.5, 0.6) is 0 Å². The van der Waals surface area contributed by atoms with Crippen molar-refractivity contribution in [1.82, 2.24) is 4.90 Å². The van der Waals surface area contributed by atoms with Gasteiger partial charge in [0.2, 0.25) is 0 Å². The van der Waals surface area contributed by atoms with Gasteiger partial charge in [-0.2, -0.15) is 0 Å². The van der Waals surface area contributed by atoms with Gasteiger partial charge in [-0.15, -0.1) is 0 Å². The molecule has 0 aromatic carbocycles. The lowest BCUT2D eigenvalue weighted by atomic mass is 9.82. The van der Waals surface area contributed by atoms with Crippen molar-refractivity contribution in [3.05, 3.63) is 0 Å². The zero-order chi connectivity index (χ0) is 14.6. The maximum absolute atomic E-state index is 6.06. The molecular formula is C18H36N2. The fourth-order valence-corrected chi connectivity index (χ4v) is 4.64. The Morgan fingerprint density at radius 2 is 1.75 bits per heavy atom. The van der Waals surface area contributed by atoms with Gasteiger partial charge in [0.1, 0.15) is 0 Å². The molecule has 3 atom stereocenters. The van der Waals surface area contributed by atoms with Crippen LogP contribution in [0.3, 0.4) is 0 Å². The predicted octanol–water partition coefficient (Wildman–Crippen LogP) is 4.18. The van der Waals surface area contributed by atoms with E-state index in [1.807, 2.05) is 0 Å². The minimum absolute atomic E-state index is 0.563. The van der Waals surface area contributed by atoms with Gasteiger partial charge in [-0.1, -0.05) is 40.0 Å². The molecule has 2 aliphatic rings. The summed E-state index contributed by atoms with van der Waals surface area (Å²) in [6.07, 6.45) is 12.6. The van der Waals surface area contributed by atoms with Crippen molar-refractivity contribution in [3.8, 4) is 0 Å². The molecule has 118 valence electrons. The molecule has 0 aromatic heterocycles. The van der Waals surface area contributed by atoms with E-state index in [-0.39, 0.29) is 0 Å². The van der Waals surface area contributed by atoms with E-state index in [2.05, 4.69) is 25.7 Å². The number of nitrogens with zero attached hydrogens (tertiary/aromatic N) is 1. The van der Waals surface area contributed by atoms with Crippen molar-refractivity contribution < 1.29 is 0 Å². The maximum Gasteiger partial charge on any atom is 0.0138 e. The molecule has 3 unspecified atom stereocenters. The predicted molar refractivity (Wildman–Crippen MR) is 87.8 cm³/mol. The molecular weight excluding hydrogens is 244 g/mol. The summed E-state index contributed by atoms with van der Waals surface area (Å²) in [4.78, 5) is 2.85. The molecule has 2 nitrogen and oxygen atoms in total. The standard InChI is InChI=1S/C18H36N2/c1-4-20(17-10-6-5-8-15(17)14-19)16-9-7-12-18(2,3)13-11-16/h15-17H,4-14,19H2,1-3H3. The zero-order valence-corrected chi connectivity index (χ0v) is 14.0. The van der Waals surface area contributed by atoms with Crippen LogP contribution in [0.2, 0.25) is 0 Å². The van der Waals surface area contributed by atoms with Crippen LogP contribution in [0.1, 0.15) is 78.6 Å². The van der Waals surface area contributed by atoms with Gasteiger partial charge < -0.3 is 5.73 Å². The third-order valence-electron chi connectivity index (χ3n) is 5.98. The van der Waals surface area contributed by atoms with E-state index in [4.69, 9.17) is 5.73 Å². The van der Waals surface area contributed by atoms with Gasteiger partial charge in [0.15, 0.2) is 0 Å². The summed E-state index contributed by atoms with van der Waals surface area (Å²) >= 11 is 0. The van der Waals surface area contributed by atoms with Crippen LogP contribution in [0, 0.1) is 11.3 Å². The van der Waals surface area contributed by atoms with Gasteiger partial charge >= 0.3 is 0 Å². The second kappa shape index (κ2) is 7.26. The highest BCUT2D eigenvalue weighted by molar-refractivity contribution is 4.89. The second-order valence-corrected chi connectivity index (χ2v) is 7.93. The van der Waals surface area contributed by atoms with E-state index in [0.29, 0.717) is 5.41 Å². The van der Waals surface area contributed by atoms with E-state index in [0.717, 1.165) is 24.5 Å². The van der Waals surface area contributed by atoms with Gasteiger partial charge in [0, 0.05) is 12.1 Å². The minimum atomic E-state index is 0.563. The first-order valence-electron chi connectivity index (χ1n) is 9.03. The van der Waals surface area contributed by atoms with E-state index in [9.17, 15) is 0 Å². The molecule has 0 bridgehead atoms. The molecule has 0 amide bonds. The molecule has 2 N–H and O–H groups in total. The Hall–Kier alpha value is -0.0800. The van der Waals surface area contributed by atoms with Crippen molar-refractivity contribution in [1.29, 1.82) is 0 Å². The second-order valence-electron chi connectivity index (χ2n) is 7.93. The fraction of sp³-hybridized carbons (Fsp3) is 1.00. The normalized spacial score (nSPS) is 35.0.